The molecule has 0 N–H and O–H groups in total. The molecule has 1 aromatic carbocycles. The van der Waals surface area contributed by atoms with Crippen molar-refractivity contribution in [2.45, 2.75) is 19.3 Å². The van der Waals surface area contributed by atoms with E-state index in [1.54, 1.807) is 18.1 Å². The summed E-state index contributed by atoms with van der Waals surface area (Å²) in [6.45, 7) is 4.82. The van der Waals surface area contributed by atoms with E-state index in [-0.39, 0.29) is 18.3 Å². The van der Waals surface area contributed by atoms with Crippen LogP contribution < -0.4 is 9.47 Å². The first-order chi connectivity index (χ1) is 11.6. The zero-order chi connectivity index (χ0) is 17.8. The Morgan fingerprint density at radius 3 is 2.38 bits per heavy atom. The van der Waals surface area contributed by atoms with Crippen molar-refractivity contribution >= 4 is 11.9 Å². The van der Waals surface area contributed by atoms with Crippen LogP contribution in [-0.2, 0) is 14.3 Å². The summed E-state index contributed by atoms with van der Waals surface area (Å²) >= 11 is 0. The second-order valence-electron chi connectivity index (χ2n) is 5.08. The van der Waals surface area contributed by atoms with Gasteiger partial charge in [-0.3, -0.25) is 9.59 Å². The number of carbonyl (C=O) groups excluding carboxylic acids is 2. The molecular formula is C18H25NO5. The van der Waals surface area contributed by atoms with Gasteiger partial charge in [0.05, 0.1) is 27.2 Å². The molecule has 0 atom stereocenters. The lowest BCUT2D eigenvalue weighted by Gasteiger charge is -2.20. The van der Waals surface area contributed by atoms with Gasteiger partial charge in [-0.15, -0.1) is 6.58 Å². The quantitative estimate of drug-likeness (QED) is 0.353. The summed E-state index contributed by atoms with van der Waals surface area (Å²) in [6, 6.07) is 7.28. The largest absolute Gasteiger partial charge is 0.497 e. The van der Waals surface area contributed by atoms with Crippen LogP contribution in [0.25, 0.3) is 0 Å². The molecule has 0 aliphatic heterocycles. The first-order valence-corrected chi connectivity index (χ1v) is 7.83. The molecule has 6 heteroatoms. The van der Waals surface area contributed by atoms with Crippen molar-refractivity contribution in [3.8, 4) is 11.5 Å². The Hall–Kier alpha value is -2.50. The number of benzene rings is 1. The molecule has 1 amide bonds. The van der Waals surface area contributed by atoms with Crippen molar-refractivity contribution in [1.82, 2.24) is 4.90 Å². The molecule has 132 valence electrons. The molecule has 0 aliphatic rings. The lowest BCUT2D eigenvalue weighted by molar-refractivity contribution is -0.141. The highest BCUT2D eigenvalue weighted by atomic mass is 16.5. The molecule has 0 heterocycles. The summed E-state index contributed by atoms with van der Waals surface area (Å²) in [6.07, 6.45) is 2.77. The van der Waals surface area contributed by atoms with Gasteiger partial charge in [-0.2, -0.15) is 0 Å². The fourth-order valence-electron chi connectivity index (χ4n) is 2.05. The number of carbonyl (C=O) groups is 2. The van der Waals surface area contributed by atoms with Crippen molar-refractivity contribution in [2.75, 3.05) is 33.9 Å². The molecule has 0 saturated carbocycles. The highest BCUT2D eigenvalue weighted by molar-refractivity contribution is 5.77. The van der Waals surface area contributed by atoms with Crippen LogP contribution in [-0.4, -0.2) is 50.7 Å². The lowest BCUT2D eigenvalue weighted by atomic mass is 10.2. The minimum absolute atomic E-state index is 0.0304. The number of methoxy groups -OCH3 is 2. The molecule has 0 aromatic heterocycles. The third-order valence-electron chi connectivity index (χ3n) is 3.38. The summed E-state index contributed by atoms with van der Waals surface area (Å²) in [7, 11) is 2.94. The van der Waals surface area contributed by atoms with Gasteiger partial charge in [0, 0.05) is 19.5 Å². The number of nitrogens with zero attached hydrogens (tertiary/aromatic N) is 1. The van der Waals surface area contributed by atoms with Crippen LogP contribution in [0.2, 0.25) is 0 Å². The number of amides is 1. The van der Waals surface area contributed by atoms with E-state index >= 15 is 0 Å². The van der Waals surface area contributed by atoms with E-state index in [0.717, 1.165) is 11.5 Å². The molecule has 0 aliphatic carbocycles. The van der Waals surface area contributed by atoms with Gasteiger partial charge in [-0.25, -0.2) is 0 Å². The van der Waals surface area contributed by atoms with E-state index < -0.39 is 0 Å². The van der Waals surface area contributed by atoms with Crippen molar-refractivity contribution in [1.29, 1.82) is 0 Å². The van der Waals surface area contributed by atoms with Crippen LogP contribution in [0.1, 0.15) is 19.3 Å². The minimum Gasteiger partial charge on any atom is -0.497 e. The summed E-state index contributed by atoms with van der Waals surface area (Å²) in [5, 5.41) is 0. The molecule has 0 spiro atoms. The Morgan fingerprint density at radius 2 is 1.79 bits per heavy atom. The van der Waals surface area contributed by atoms with Gasteiger partial charge in [0.25, 0.3) is 0 Å². The summed E-state index contributed by atoms with van der Waals surface area (Å²) in [5.74, 6) is 1.14. The average molecular weight is 335 g/mol. The Bertz CT molecular complexity index is 527. The maximum atomic E-state index is 12.2. The Morgan fingerprint density at radius 1 is 1.12 bits per heavy atom. The smallest absolute Gasteiger partial charge is 0.307 e. The second-order valence-corrected chi connectivity index (χ2v) is 5.08. The van der Waals surface area contributed by atoms with Crippen LogP contribution in [0.3, 0.4) is 0 Å². The van der Waals surface area contributed by atoms with Gasteiger partial charge < -0.3 is 19.1 Å². The molecular weight excluding hydrogens is 310 g/mol. The van der Waals surface area contributed by atoms with E-state index in [0.29, 0.717) is 32.5 Å². The van der Waals surface area contributed by atoms with Gasteiger partial charge in [-0.1, -0.05) is 6.08 Å². The minimum atomic E-state index is -0.334. The van der Waals surface area contributed by atoms with Gasteiger partial charge in [-0.05, 0) is 30.7 Å². The first-order valence-electron chi connectivity index (χ1n) is 7.83. The van der Waals surface area contributed by atoms with Gasteiger partial charge in [0.2, 0.25) is 5.91 Å². The Balaban J connectivity index is 2.33. The van der Waals surface area contributed by atoms with E-state index in [2.05, 4.69) is 11.3 Å². The third kappa shape index (κ3) is 7.17. The fraction of sp³-hybridized carbons (Fsp3) is 0.444. The van der Waals surface area contributed by atoms with E-state index in [9.17, 15) is 9.59 Å². The zero-order valence-electron chi connectivity index (χ0n) is 14.3. The van der Waals surface area contributed by atoms with Crippen LogP contribution in [0.5, 0.6) is 11.5 Å². The van der Waals surface area contributed by atoms with Crippen molar-refractivity contribution in [2.24, 2.45) is 0 Å². The SMILES string of the molecule is C=CCN(CCC(=O)OC)C(=O)CCCOc1ccc(OC)cc1. The van der Waals surface area contributed by atoms with Gasteiger partial charge >= 0.3 is 5.97 Å². The molecule has 0 unspecified atom stereocenters. The Kier molecular flexibility index (Phi) is 9.04. The lowest BCUT2D eigenvalue weighted by Crippen LogP contribution is -2.33. The predicted molar refractivity (Wildman–Crippen MR) is 91.1 cm³/mol. The molecule has 0 saturated heterocycles. The normalized spacial score (nSPS) is 9.92. The molecule has 0 bridgehead atoms. The van der Waals surface area contributed by atoms with Crippen molar-refractivity contribution in [3.63, 3.8) is 0 Å². The molecule has 24 heavy (non-hydrogen) atoms. The number of hydrogen-bond donors (Lipinski definition) is 0. The Labute approximate surface area is 143 Å². The van der Waals surface area contributed by atoms with Crippen LogP contribution in [0.4, 0.5) is 0 Å². The van der Waals surface area contributed by atoms with Crippen molar-refractivity contribution < 1.29 is 23.8 Å². The maximum Gasteiger partial charge on any atom is 0.307 e. The highest BCUT2D eigenvalue weighted by Crippen LogP contribution is 2.17. The van der Waals surface area contributed by atoms with Crippen LogP contribution in [0, 0.1) is 0 Å². The fourth-order valence-corrected chi connectivity index (χ4v) is 2.05. The first kappa shape index (κ1) is 19.5. The maximum absolute atomic E-state index is 12.2. The number of ether oxygens (including phenoxy) is 3. The van der Waals surface area contributed by atoms with Gasteiger partial charge in [0.1, 0.15) is 11.5 Å². The number of esters is 1. The predicted octanol–water partition coefficient (Wildman–Crippen LogP) is 2.43. The monoisotopic (exact) mass is 335 g/mol. The van der Waals surface area contributed by atoms with E-state index in [1.165, 1.54) is 7.11 Å². The molecule has 0 radical (unpaired) electrons. The summed E-state index contributed by atoms with van der Waals surface area (Å²) < 4.78 is 15.3. The molecule has 6 nitrogen and oxygen atoms in total. The van der Waals surface area contributed by atoms with Crippen LogP contribution in [0.15, 0.2) is 36.9 Å². The van der Waals surface area contributed by atoms with Crippen molar-refractivity contribution in [3.05, 3.63) is 36.9 Å². The average Bonchev–Trinajstić information content (AvgIpc) is 2.62. The summed E-state index contributed by atoms with van der Waals surface area (Å²) in [4.78, 5) is 25.0. The van der Waals surface area contributed by atoms with Gasteiger partial charge in [0.15, 0.2) is 0 Å². The highest BCUT2D eigenvalue weighted by Gasteiger charge is 2.13. The standard InChI is InChI=1S/C18H25NO5/c1-4-12-19(13-11-18(21)23-3)17(20)6-5-14-24-16-9-7-15(22-2)8-10-16/h4,7-10H,1,5-6,11-14H2,2-3H3. The number of rotatable bonds is 11. The number of hydrogen-bond acceptors (Lipinski definition) is 5. The van der Waals surface area contributed by atoms with Crippen LogP contribution >= 0.6 is 0 Å². The second kappa shape index (κ2) is 11.1. The molecule has 1 rings (SSSR count). The molecule has 1 aromatic rings. The van der Waals surface area contributed by atoms with E-state index in [4.69, 9.17) is 9.47 Å². The third-order valence-corrected chi connectivity index (χ3v) is 3.38. The molecule has 0 fully saturated rings. The summed E-state index contributed by atoms with van der Waals surface area (Å²) in [5.41, 5.74) is 0. The zero-order valence-corrected chi connectivity index (χ0v) is 14.3. The van der Waals surface area contributed by atoms with E-state index in [1.807, 2.05) is 24.3 Å². The topological polar surface area (TPSA) is 65.1 Å².